The third-order valence-electron chi connectivity index (χ3n) is 4.62. The Morgan fingerprint density at radius 1 is 1.22 bits per heavy atom. The molecule has 0 saturated carbocycles. The second kappa shape index (κ2) is 7.47. The van der Waals surface area contributed by atoms with Gasteiger partial charge >= 0.3 is 0 Å². The number of hydrogen-bond donors (Lipinski definition) is 0. The lowest BCUT2D eigenvalue weighted by atomic mass is 10.1. The highest BCUT2D eigenvalue weighted by molar-refractivity contribution is 7.89. The molecule has 7 nitrogen and oxygen atoms in total. The molecule has 0 N–H and O–H groups in total. The highest BCUT2D eigenvalue weighted by Gasteiger charge is 2.34. The van der Waals surface area contributed by atoms with Gasteiger partial charge in [-0.15, -0.1) is 0 Å². The van der Waals surface area contributed by atoms with Crippen LogP contribution in [0.25, 0.3) is 0 Å². The second-order valence-corrected chi connectivity index (χ2v) is 8.47. The molecule has 1 aromatic heterocycles. The van der Waals surface area contributed by atoms with Crippen molar-refractivity contribution in [2.24, 2.45) is 0 Å². The molecule has 1 aromatic carbocycles. The first kappa shape index (κ1) is 19.0. The van der Waals surface area contributed by atoms with Gasteiger partial charge in [0, 0.05) is 43.1 Å². The van der Waals surface area contributed by atoms with E-state index < -0.39 is 10.0 Å². The molecule has 1 aliphatic heterocycles. The summed E-state index contributed by atoms with van der Waals surface area (Å²) in [4.78, 5) is 18.7. The second-order valence-electron chi connectivity index (χ2n) is 6.53. The zero-order chi connectivity index (χ0) is 19.6. The van der Waals surface area contributed by atoms with Gasteiger partial charge in [0.1, 0.15) is 0 Å². The molecule has 0 aliphatic carbocycles. The smallest absolute Gasteiger partial charge is 0.254 e. The van der Waals surface area contributed by atoms with Gasteiger partial charge in [-0.1, -0.05) is 0 Å². The summed E-state index contributed by atoms with van der Waals surface area (Å²) in [7, 11) is -3.66. The Labute approximate surface area is 158 Å². The van der Waals surface area contributed by atoms with Crippen LogP contribution in [-0.2, 0) is 10.0 Å². The predicted octanol–water partition coefficient (Wildman–Crippen LogP) is 1.80. The molecule has 27 heavy (non-hydrogen) atoms. The van der Waals surface area contributed by atoms with Crippen molar-refractivity contribution in [2.45, 2.75) is 24.8 Å². The third kappa shape index (κ3) is 3.84. The number of amides is 1. The highest BCUT2D eigenvalue weighted by Crippen LogP contribution is 2.21. The Kier molecular flexibility index (Phi) is 5.26. The van der Waals surface area contributed by atoms with Crippen molar-refractivity contribution >= 4 is 15.9 Å². The van der Waals surface area contributed by atoms with Crippen LogP contribution in [0, 0.1) is 18.3 Å². The van der Waals surface area contributed by atoms with E-state index >= 15 is 0 Å². The number of carbonyl (C=O) groups excluding carboxylic acids is 1. The van der Waals surface area contributed by atoms with Crippen LogP contribution >= 0.6 is 0 Å². The number of pyridine rings is 1. The van der Waals surface area contributed by atoms with Gasteiger partial charge in [-0.2, -0.15) is 9.57 Å². The molecule has 1 saturated heterocycles. The van der Waals surface area contributed by atoms with E-state index in [1.165, 1.54) is 28.6 Å². The average molecular weight is 384 g/mol. The zero-order valence-corrected chi connectivity index (χ0v) is 16.0. The van der Waals surface area contributed by atoms with Gasteiger partial charge in [-0.05, 0) is 50.2 Å². The first-order chi connectivity index (χ1) is 12.8. The molecule has 1 fully saturated rings. The Bertz CT molecular complexity index is 996. The molecule has 0 radical (unpaired) electrons. The molecule has 1 aliphatic rings. The van der Waals surface area contributed by atoms with E-state index in [1.54, 1.807) is 23.2 Å². The van der Waals surface area contributed by atoms with Crippen LogP contribution in [0.15, 0.2) is 47.5 Å². The summed E-state index contributed by atoms with van der Waals surface area (Å²) in [5, 5.41) is 8.86. The minimum atomic E-state index is -3.66. The van der Waals surface area contributed by atoms with Crippen LogP contribution in [-0.4, -0.2) is 54.2 Å². The third-order valence-corrected chi connectivity index (χ3v) is 6.50. The topological polar surface area (TPSA) is 94.4 Å². The SMILES string of the molecule is Cc1cc(C(=O)N2CCN(S(=O)(=O)c3ccc(C#N)cc3)CC2C)ccn1. The lowest BCUT2D eigenvalue weighted by Crippen LogP contribution is -2.55. The molecule has 2 aromatic rings. The summed E-state index contributed by atoms with van der Waals surface area (Å²) < 4.78 is 27.1. The number of aromatic nitrogens is 1. The number of piperazine rings is 1. The Morgan fingerprint density at radius 3 is 2.52 bits per heavy atom. The first-order valence-electron chi connectivity index (χ1n) is 8.57. The molecule has 8 heteroatoms. The largest absolute Gasteiger partial charge is 0.333 e. The summed E-state index contributed by atoms with van der Waals surface area (Å²) in [6, 6.07) is 11.0. The van der Waals surface area contributed by atoms with Crippen LogP contribution in [0.1, 0.15) is 28.5 Å². The van der Waals surface area contributed by atoms with Crippen molar-refractivity contribution in [1.82, 2.24) is 14.2 Å². The molecule has 3 rings (SSSR count). The fraction of sp³-hybridized carbons (Fsp3) is 0.316. The number of nitrogens with zero attached hydrogens (tertiary/aromatic N) is 4. The molecule has 1 atom stereocenters. The minimum absolute atomic E-state index is 0.122. The van der Waals surface area contributed by atoms with Crippen molar-refractivity contribution in [2.75, 3.05) is 19.6 Å². The van der Waals surface area contributed by atoms with Crippen molar-refractivity contribution in [1.29, 1.82) is 5.26 Å². The summed E-state index contributed by atoms with van der Waals surface area (Å²) in [6.07, 6.45) is 1.60. The van der Waals surface area contributed by atoms with Gasteiger partial charge in [0.2, 0.25) is 10.0 Å². The van der Waals surface area contributed by atoms with Gasteiger partial charge in [-0.3, -0.25) is 9.78 Å². The fourth-order valence-corrected chi connectivity index (χ4v) is 4.65. The van der Waals surface area contributed by atoms with Gasteiger partial charge < -0.3 is 4.90 Å². The maximum atomic E-state index is 12.9. The molecule has 1 amide bonds. The number of benzene rings is 1. The number of carbonyl (C=O) groups is 1. The lowest BCUT2D eigenvalue weighted by Gasteiger charge is -2.39. The quantitative estimate of drug-likeness (QED) is 0.804. The van der Waals surface area contributed by atoms with Gasteiger partial charge in [0.15, 0.2) is 0 Å². The van der Waals surface area contributed by atoms with Crippen LogP contribution < -0.4 is 0 Å². The summed E-state index contributed by atoms with van der Waals surface area (Å²) >= 11 is 0. The number of rotatable bonds is 3. The molecular weight excluding hydrogens is 364 g/mol. The Morgan fingerprint density at radius 2 is 1.93 bits per heavy atom. The molecular formula is C19H20N4O3S. The van der Waals surface area contributed by atoms with E-state index in [4.69, 9.17) is 5.26 Å². The van der Waals surface area contributed by atoms with Gasteiger partial charge in [0.05, 0.1) is 16.5 Å². The standard InChI is InChI=1S/C19H20N4O3S/c1-14-11-17(7-8-21-14)19(24)23-10-9-22(13-15(23)2)27(25,26)18-5-3-16(12-20)4-6-18/h3-8,11,15H,9-10,13H2,1-2H3. The fourth-order valence-electron chi connectivity index (χ4n) is 3.14. The van der Waals surface area contributed by atoms with Crippen LogP contribution in [0.5, 0.6) is 0 Å². The maximum absolute atomic E-state index is 12.9. The van der Waals surface area contributed by atoms with E-state index in [0.717, 1.165) is 5.69 Å². The van der Waals surface area contributed by atoms with Crippen molar-refractivity contribution in [3.8, 4) is 6.07 Å². The summed E-state index contributed by atoms with van der Waals surface area (Å²) in [5.41, 5.74) is 1.72. The van der Waals surface area contributed by atoms with Crippen LogP contribution in [0.2, 0.25) is 0 Å². The van der Waals surface area contributed by atoms with Gasteiger partial charge in [-0.25, -0.2) is 8.42 Å². The average Bonchev–Trinajstić information content (AvgIpc) is 2.67. The highest BCUT2D eigenvalue weighted by atomic mass is 32.2. The van der Waals surface area contributed by atoms with Crippen molar-refractivity contribution < 1.29 is 13.2 Å². The first-order valence-corrected chi connectivity index (χ1v) is 10.0. The van der Waals surface area contributed by atoms with Gasteiger partial charge in [0.25, 0.3) is 5.91 Å². The normalized spacial score (nSPS) is 18.1. The molecule has 1 unspecified atom stereocenters. The minimum Gasteiger partial charge on any atom is -0.333 e. The van der Waals surface area contributed by atoms with Crippen molar-refractivity contribution in [3.05, 3.63) is 59.4 Å². The van der Waals surface area contributed by atoms with E-state index in [-0.39, 0.29) is 29.9 Å². The molecule has 0 bridgehead atoms. The maximum Gasteiger partial charge on any atom is 0.254 e. The van der Waals surface area contributed by atoms with E-state index in [9.17, 15) is 13.2 Å². The van der Waals surface area contributed by atoms with E-state index in [1.807, 2.05) is 19.9 Å². The Hall–Kier alpha value is -2.76. The Balaban J connectivity index is 1.76. The monoisotopic (exact) mass is 384 g/mol. The predicted molar refractivity (Wildman–Crippen MR) is 99.4 cm³/mol. The van der Waals surface area contributed by atoms with Crippen molar-refractivity contribution in [3.63, 3.8) is 0 Å². The van der Waals surface area contributed by atoms with Crippen LogP contribution in [0.4, 0.5) is 0 Å². The zero-order valence-electron chi connectivity index (χ0n) is 15.2. The molecule has 140 valence electrons. The molecule has 0 spiro atoms. The summed E-state index contributed by atoms with van der Waals surface area (Å²) in [5.74, 6) is -0.122. The lowest BCUT2D eigenvalue weighted by molar-refractivity contribution is 0.0591. The van der Waals surface area contributed by atoms with E-state index in [2.05, 4.69) is 4.98 Å². The number of hydrogen-bond acceptors (Lipinski definition) is 5. The summed E-state index contributed by atoms with van der Waals surface area (Å²) in [6.45, 7) is 4.42. The molecule has 2 heterocycles. The number of sulfonamides is 1. The number of aryl methyl sites for hydroxylation is 1. The van der Waals surface area contributed by atoms with E-state index in [0.29, 0.717) is 17.7 Å². The number of nitriles is 1. The van der Waals surface area contributed by atoms with Crippen LogP contribution in [0.3, 0.4) is 0 Å².